The largest absolute Gasteiger partial charge is 0.466 e. The van der Waals surface area contributed by atoms with Gasteiger partial charge in [-0.25, -0.2) is 0 Å². The maximum absolute atomic E-state index is 11.8. The molecule has 2 aliphatic rings. The van der Waals surface area contributed by atoms with Gasteiger partial charge in [-0.3, -0.25) is 9.59 Å². The normalized spacial score (nSPS) is 35.5. The van der Waals surface area contributed by atoms with Gasteiger partial charge in [0, 0.05) is 12.5 Å². The molecular formula is C12H18O5. The molecule has 1 heterocycles. The summed E-state index contributed by atoms with van der Waals surface area (Å²) < 4.78 is 15.6. The summed E-state index contributed by atoms with van der Waals surface area (Å²) in [5.41, 5.74) is 0. The van der Waals surface area contributed by atoms with Crippen LogP contribution >= 0.6 is 0 Å². The monoisotopic (exact) mass is 242 g/mol. The number of ether oxygens (including phenoxy) is 3. The standard InChI is InChI=1S/C12H18O5/c1-3-15-10(13)7-5-6-8-9(7)12(16-4-2)17-11(8)14/h7-9,12H,3-6H2,1-2H3/t7-,8-,9+,12+/m1/s1. The summed E-state index contributed by atoms with van der Waals surface area (Å²) in [6.45, 7) is 4.45. The zero-order chi connectivity index (χ0) is 12.4. The first-order valence-corrected chi connectivity index (χ1v) is 6.17. The number of esters is 2. The van der Waals surface area contributed by atoms with Gasteiger partial charge in [0.05, 0.1) is 18.4 Å². The highest BCUT2D eigenvalue weighted by molar-refractivity contribution is 5.80. The van der Waals surface area contributed by atoms with Crippen LogP contribution in [-0.2, 0) is 23.8 Å². The van der Waals surface area contributed by atoms with Crippen molar-refractivity contribution in [1.29, 1.82) is 0 Å². The van der Waals surface area contributed by atoms with Crippen LogP contribution in [0.25, 0.3) is 0 Å². The Kier molecular flexibility index (Phi) is 3.66. The van der Waals surface area contributed by atoms with Crippen LogP contribution in [0.2, 0.25) is 0 Å². The first kappa shape index (κ1) is 12.4. The molecule has 5 nitrogen and oxygen atoms in total. The van der Waals surface area contributed by atoms with E-state index in [1.807, 2.05) is 6.92 Å². The molecule has 2 rings (SSSR count). The predicted octanol–water partition coefficient (Wildman–Crippen LogP) is 1.11. The Morgan fingerprint density at radius 3 is 2.76 bits per heavy atom. The Labute approximate surface area is 100 Å². The van der Waals surface area contributed by atoms with Crippen molar-refractivity contribution in [2.75, 3.05) is 13.2 Å². The molecule has 0 aromatic rings. The molecule has 0 aromatic heterocycles. The van der Waals surface area contributed by atoms with E-state index in [-0.39, 0.29) is 29.7 Å². The third kappa shape index (κ3) is 2.16. The lowest BCUT2D eigenvalue weighted by molar-refractivity contribution is -0.174. The van der Waals surface area contributed by atoms with Crippen LogP contribution in [0.3, 0.4) is 0 Å². The zero-order valence-corrected chi connectivity index (χ0v) is 10.2. The van der Waals surface area contributed by atoms with Crippen molar-refractivity contribution in [3.63, 3.8) is 0 Å². The van der Waals surface area contributed by atoms with Gasteiger partial charge in [0.2, 0.25) is 6.29 Å². The first-order valence-electron chi connectivity index (χ1n) is 6.17. The summed E-state index contributed by atoms with van der Waals surface area (Å²) in [5, 5.41) is 0. The van der Waals surface area contributed by atoms with Gasteiger partial charge < -0.3 is 14.2 Å². The number of hydrogen-bond donors (Lipinski definition) is 0. The van der Waals surface area contributed by atoms with Gasteiger partial charge >= 0.3 is 11.9 Å². The fourth-order valence-corrected chi connectivity index (χ4v) is 2.79. The van der Waals surface area contributed by atoms with Crippen molar-refractivity contribution >= 4 is 11.9 Å². The van der Waals surface area contributed by atoms with Crippen LogP contribution in [0.4, 0.5) is 0 Å². The van der Waals surface area contributed by atoms with Crippen molar-refractivity contribution in [2.45, 2.75) is 33.0 Å². The molecule has 17 heavy (non-hydrogen) atoms. The number of carbonyl (C=O) groups is 2. The average Bonchev–Trinajstić information content (AvgIpc) is 2.83. The summed E-state index contributed by atoms with van der Waals surface area (Å²) in [7, 11) is 0. The maximum Gasteiger partial charge on any atom is 0.311 e. The van der Waals surface area contributed by atoms with Gasteiger partial charge in [0.1, 0.15) is 0 Å². The summed E-state index contributed by atoms with van der Waals surface area (Å²) in [4.78, 5) is 23.4. The van der Waals surface area contributed by atoms with E-state index in [0.29, 0.717) is 26.1 Å². The molecule has 2 fully saturated rings. The van der Waals surface area contributed by atoms with E-state index in [0.717, 1.165) is 0 Å². The zero-order valence-electron chi connectivity index (χ0n) is 10.2. The van der Waals surface area contributed by atoms with E-state index in [2.05, 4.69) is 0 Å². The van der Waals surface area contributed by atoms with Crippen molar-refractivity contribution in [3.05, 3.63) is 0 Å². The third-order valence-corrected chi connectivity index (χ3v) is 3.49. The minimum absolute atomic E-state index is 0.165. The van der Waals surface area contributed by atoms with E-state index in [9.17, 15) is 9.59 Å². The second kappa shape index (κ2) is 5.04. The highest BCUT2D eigenvalue weighted by atomic mass is 16.7. The lowest BCUT2D eigenvalue weighted by atomic mass is 9.91. The number of carbonyl (C=O) groups excluding carboxylic acids is 2. The van der Waals surface area contributed by atoms with Crippen molar-refractivity contribution in [3.8, 4) is 0 Å². The first-order chi connectivity index (χ1) is 8.19. The molecule has 96 valence electrons. The lowest BCUT2D eigenvalue weighted by Gasteiger charge is -2.21. The van der Waals surface area contributed by atoms with Crippen LogP contribution in [0, 0.1) is 17.8 Å². The molecule has 1 saturated heterocycles. The molecule has 0 spiro atoms. The highest BCUT2D eigenvalue weighted by Gasteiger charge is 2.55. The summed E-state index contributed by atoms with van der Waals surface area (Å²) >= 11 is 0. The van der Waals surface area contributed by atoms with Crippen LogP contribution in [0.15, 0.2) is 0 Å². The Hall–Kier alpha value is -1.10. The van der Waals surface area contributed by atoms with Crippen LogP contribution in [0.1, 0.15) is 26.7 Å². The van der Waals surface area contributed by atoms with E-state index >= 15 is 0 Å². The topological polar surface area (TPSA) is 61.8 Å². The fraction of sp³-hybridized carbons (Fsp3) is 0.833. The molecule has 0 radical (unpaired) electrons. The van der Waals surface area contributed by atoms with Crippen molar-refractivity contribution < 1.29 is 23.8 Å². The highest BCUT2D eigenvalue weighted by Crippen LogP contribution is 2.46. The van der Waals surface area contributed by atoms with E-state index in [4.69, 9.17) is 14.2 Å². The van der Waals surface area contributed by atoms with Crippen molar-refractivity contribution in [2.24, 2.45) is 17.8 Å². The Balaban J connectivity index is 2.10. The number of cyclic esters (lactones) is 1. The predicted molar refractivity (Wildman–Crippen MR) is 57.8 cm³/mol. The van der Waals surface area contributed by atoms with Gasteiger partial charge in [-0.2, -0.15) is 0 Å². The Bertz CT molecular complexity index is 314. The summed E-state index contributed by atoms with van der Waals surface area (Å²) in [6, 6.07) is 0. The molecular weight excluding hydrogens is 224 g/mol. The molecule has 1 aliphatic carbocycles. The minimum Gasteiger partial charge on any atom is -0.466 e. The molecule has 1 aliphatic heterocycles. The molecule has 0 bridgehead atoms. The third-order valence-electron chi connectivity index (χ3n) is 3.49. The maximum atomic E-state index is 11.8. The van der Waals surface area contributed by atoms with E-state index < -0.39 is 6.29 Å². The molecule has 0 aromatic carbocycles. The van der Waals surface area contributed by atoms with Gasteiger partial charge in [0.15, 0.2) is 0 Å². The van der Waals surface area contributed by atoms with Gasteiger partial charge in [-0.05, 0) is 26.7 Å². The number of hydrogen-bond acceptors (Lipinski definition) is 5. The molecule has 0 unspecified atom stereocenters. The molecule has 5 heteroatoms. The smallest absolute Gasteiger partial charge is 0.311 e. The summed E-state index contributed by atoms with van der Waals surface area (Å²) in [6.07, 6.45) is 0.804. The molecule has 0 amide bonds. The fourth-order valence-electron chi connectivity index (χ4n) is 2.79. The van der Waals surface area contributed by atoms with Crippen LogP contribution in [0.5, 0.6) is 0 Å². The SMILES string of the molecule is CCOC(=O)[C@@H]1CC[C@H]2C(=O)O[C@H](OCC)[C@@H]12. The Morgan fingerprint density at radius 1 is 1.35 bits per heavy atom. The van der Waals surface area contributed by atoms with Crippen LogP contribution < -0.4 is 0 Å². The van der Waals surface area contributed by atoms with E-state index in [1.54, 1.807) is 6.92 Å². The second-order valence-corrected chi connectivity index (χ2v) is 4.38. The van der Waals surface area contributed by atoms with Crippen LogP contribution in [-0.4, -0.2) is 31.4 Å². The van der Waals surface area contributed by atoms with Gasteiger partial charge in [-0.15, -0.1) is 0 Å². The Morgan fingerprint density at radius 2 is 2.12 bits per heavy atom. The second-order valence-electron chi connectivity index (χ2n) is 4.38. The molecule has 4 atom stereocenters. The molecule has 0 N–H and O–H groups in total. The molecule has 1 saturated carbocycles. The minimum atomic E-state index is -0.575. The number of fused-ring (bicyclic) bond motifs is 1. The lowest BCUT2D eigenvalue weighted by Crippen LogP contribution is -2.31. The average molecular weight is 242 g/mol. The number of rotatable bonds is 4. The van der Waals surface area contributed by atoms with E-state index in [1.165, 1.54) is 0 Å². The van der Waals surface area contributed by atoms with Crippen molar-refractivity contribution in [1.82, 2.24) is 0 Å². The summed E-state index contributed by atoms with van der Waals surface area (Å²) in [5.74, 6) is -1.09. The van der Waals surface area contributed by atoms with Gasteiger partial charge in [0.25, 0.3) is 0 Å². The van der Waals surface area contributed by atoms with Gasteiger partial charge in [-0.1, -0.05) is 0 Å². The quantitative estimate of drug-likeness (QED) is 0.691.